The highest BCUT2D eigenvalue weighted by molar-refractivity contribution is 5.43. The van der Waals surface area contributed by atoms with E-state index in [4.69, 9.17) is 4.74 Å². The average molecular weight is 238 g/mol. The molecule has 5 heteroatoms. The monoisotopic (exact) mass is 238 g/mol. The highest BCUT2D eigenvalue weighted by Crippen LogP contribution is 2.25. The van der Waals surface area contributed by atoms with Crippen LogP contribution in [0, 0.1) is 10.1 Å². The number of nitro groups is 1. The molecule has 17 heavy (non-hydrogen) atoms. The SMILES string of the molecule is CCC(C)Oc1ccc([N+](=O)[O-])cc1CNC. The highest BCUT2D eigenvalue weighted by atomic mass is 16.6. The molecule has 1 aromatic rings. The van der Waals surface area contributed by atoms with E-state index in [1.807, 2.05) is 13.8 Å². The molecule has 0 heterocycles. The van der Waals surface area contributed by atoms with Crippen molar-refractivity contribution in [1.29, 1.82) is 0 Å². The molecule has 5 nitrogen and oxygen atoms in total. The van der Waals surface area contributed by atoms with Crippen LogP contribution in [0.2, 0.25) is 0 Å². The Balaban J connectivity index is 2.99. The minimum absolute atomic E-state index is 0.0896. The molecular formula is C12H18N2O3. The maximum absolute atomic E-state index is 10.7. The van der Waals surface area contributed by atoms with Gasteiger partial charge in [0.15, 0.2) is 0 Å². The van der Waals surface area contributed by atoms with Gasteiger partial charge >= 0.3 is 0 Å². The number of rotatable bonds is 6. The maximum Gasteiger partial charge on any atom is 0.270 e. The van der Waals surface area contributed by atoms with Gasteiger partial charge < -0.3 is 10.1 Å². The van der Waals surface area contributed by atoms with Gasteiger partial charge in [0, 0.05) is 24.2 Å². The van der Waals surface area contributed by atoms with Gasteiger partial charge in [0.05, 0.1) is 11.0 Å². The highest BCUT2D eigenvalue weighted by Gasteiger charge is 2.12. The van der Waals surface area contributed by atoms with Crippen molar-refractivity contribution < 1.29 is 9.66 Å². The summed E-state index contributed by atoms with van der Waals surface area (Å²) in [4.78, 5) is 10.3. The molecule has 94 valence electrons. The summed E-state index contributed by atoms with van der Waals surface area (Å²) < 4.78 is 5.72. The van der Waals surface area contributed by atoms with E-state index in [1.54, 1.807) is 19.2 Å². The lowest BCUT2D eigenvalue weighted by atomic mass is 10.1. The van der Waals surface area contributed by atoms with Gasteiger partial charge in [-0.1, -0.05) is 6.92 Å². The first kappa shape index (κ1) is 13.4. The third-order valence-electron chi connectivity index (χ3n) is 2.53. The van der Waals surface area contributed by atoms with Crippen LogP contribution in [0.1, 0.15) is 25.8 Å². The Bertz CT molecular complexity index is 393. The first-order valence-corrected chi connectivity index (χ1v) is 5.67. The van der Waals surface area contributed by atoms with Crippen LogP contribution in [-0.2, 0) is 6.54 Å². The molecule has 0 aliphatic rings. The van der Waals surface area contributed by atoms with Gasteiger partial charge in [0.2, 0.25) is 0 Å². The Morgan fingerprint density at radius 1 is 1.53 bits per heavy atom. The first-order valence-electron chi connectivity index (χ1n) is 5.67. The molecule has 1 rings (SSSR count). The normalized spacial score (nSPS) is 12.2. The van der Waals surface area contributed by atoms with E-state index < -0.39 is 4.92 Å². The smallest absolute Gasteiger partial charge is 0.270 e. The third kappa shape index (κ3) is 3.71. The Kier molecular flexibility index (Phi) is 4.90. The van der Waals surface area contributed by atoms with E-state index in [1.165, 1.54) is 6.07 Å². The molecule has 0 amide bonds. The topological polar surface area (TPSA) is 64.4 Å². The Morgan fingerprint density at radius 3 is 2.76 bits per heavy atom. The molecule has 0 aliphatic heterocycles. The van der Waals surface area contributed by atoms with Gasteiger partial charge in [-0.05, 0) is 26.5 Å². The van der Waals surface area contributed by atoms with Crippen molar-refractivity contribution in [3.63, 3.8) is 0 Å². The molecule has 0 fully saturated rings. The number of hydrogen-bond donors (Lipinski definition) is 1. The number of benzene rings is 1. The van der Waals surface area contributed by atoms with Gasteiger partial charge in [-0.25, -0.2) is 0 Å². The van der Waals surface area contributed by atoms with E-state index in [0.717, 1.165) is 12.0 Å². The molecule has 0 saturated carbocycles. The van der Waals surface area contributed by atoms with Crippen molar-refractivity contribution in [2.45, 2.75) is 32.9 Å². The van der Waals surface area contributed by atoms with Gasteiger partial charge in [-0.2, -0.15) is 0 Å². The lowest BCUT2D eigenvalue weighted by Gasteiger charge is -2.15. The van der Waals surface area contributed by atoms with Crippen molar-refractivity contribution in [3.8, 4) is 5.75 Å². The summed E-state index contributed by atoms with van der Waals surface area (Å²) in [5, 5.41) is 13.7. The van der Waals surface area contributed by atoms with Crippen LogP contribution >= 0.6 is 0 Å². The van der Waals surface area contributed by atoms with E-state index in [9.17, 15) is 10.1 Å². The van der Waals surface area contributed by atoms with Crippen molar-refractivity contribution in [2.75, 3.05) is 7.05 Å². The summed E-state index contributed by atoms with van der Waals surface area (Å²) in [7, 11) is 1.80. The number of nitro benzene ring substituents is 1. The van der Waals surface area contributed by atoms with Crippen LogP contribution < -0.4 is 10.1 Å². The molecule has 0 bridgehead atoms. The molecule has 1 atom stereocenters. The first-order chi connectivity index (χ1) is 8.08. The van der Waals surface area contributed by atoms with Crippen molar-refractivity contribution >= 4 is 5.69 Å². The van der Waals surface area contributed by atoms with Crippen molar-refractivity contribution in [2.24, 2.45) is 0 Å². The number of nitrogens with zero attached hydrogens (tertiary/aromatic N) is 1. The molecule has 0 saturated heterocycles. The van der Waals surface area contributed by atoms with Crippen LogP contribution in [0.15, 0.2) is 18.2 Å². The summed E-state index contributed by atoms with van der Waals surface area (Å²) in [5.74, 6) is 0.708. The lowest BCUT2D eigenvalue weighted by Crippen LogP contribution is -2.13. The fourth-order valence-corrected chi connectivity index (χ4v) is 1.42. The van der Waals surface area contributed by atoms with Crippen molar-refractivity contribution in [1.82, 2.24) is 5.32 Å². The standard InChI is InChI=1S/C12H18N2O3/c1-4-9(2)17-12-6-5-11(14(15)16)7-10(12)8-13-3/h5-7,9,13H,4,8H2,1-3H3. The minimum atomic E-state index is -0.397. The Hall–Kier alpha value is -1.62. The largest absolute Gasteiger partial charge is 0.490 e. The zero-order chi connectivity index (χ0) is 12.8. The molecule has 1 aromatic carbocycles. The molecule has 1 N–H and O–H groups in total. The van der Waals surface area contributed by atoms with E-state index in [0.29, 0.717) is 12.3 Å². The molecular weight excluding hydrogens is 220 g/mol. The molecule has 0 spiro atoms. The van der Waals surface area contributed by atoms with E-state index >= 15 is 0 Å². The predicted molar refractivity (Wildman–Crippen MR) is 66.2 cm³/mol. The number of ether oxygens (including phenoxy) is 1. The van der Waals surface area contributed by atoms with Crippen molar-refractivity contribution in [3.05, 3.63) is 33.9 Å². The summed E-state index contributed by atoms with van der Waals surface area (Å²) in [5.41, 5.74) is 0.897. The number of nitrogens with one attached hydrogen (secondary N) is 1. The minimum Gasteiger partial charge on any atom is -0.490 e. The zero-order valence-corrected chi connectivity index (χ0v) is 10.4. The second-order valence-corrected chi connectivity index (χ2v) is 3.92. The zero-order valence-electron chi connectivity index (χ0n) is 10.4. The summed E-state index contributed by atoms with van der Waals surface area (Å²) in [6, 6.07) is 4.68. The van der Waals surface area contributed by atoms with Crippen LogP contribution in [-0.4, -0.2) is 18.1 Å². The molecule has 0 aromatic heterocycles. The molecule has 1 unspecified atom stereocenters. The summed E-state index contributed by atoms with van der Waals surface area (Å²) >= 11 is 0. The maximum atomic E-state index is 10.7. The third-order valence-corrected chi connectivity index (χ3v) is 2.53. The summed E-state index contributed by atoms with van der Waals surface area (Å²) in [6.07, 6.45) is 1.00. The quantitative estimate of drug-likeness (QED) is 0.611. The van der Waals surface area contributed by atoms with Gasteiger partial charge in [0.25, 0.3) is 5.69 Å². The van der Waals surface area contributed by atoms with Gasteiger partial charge in [-0.3, -0.25) is 10.1 Å². The average Bonchev–Trinajstić information content (AvgIpc) is 2.31. The van der Waals surface area contributed by atoms with Crippen LogP contribution in [0.5, 0.6) is 5.75 Å². The predicted octanol–water partition coefficient (Wildman–Crippen LogP) is 2.49. The summed E-state index contributed by atoms with van der Waals surface area (Å²) in [6.45, 7) is 4.56. The molecule has 0 aliphatic carbocycles. The van der Waals surface area contributed by atoms with E-state index in [-0.39, 0.29) is 11.8 Å². The van der Waals surface area contributed by atoms with Crippen LogP contribution in [0.3, 0.4) is 0 Å². The number of hydrogen-bond acceptors (Lipinski definition) is 4. The molecule has 0 radical (unpaired) electrons. The van der Waals surface area contributed by atoms with Crippen LogP contribution in [0.25, 0.3) is 0 Å². The Labute approximate surface area is 101 Å². The Morgan fingerprint density at radius 2 is 2.24 bits per heavy atom. The van der Waals surface area contributed by atoms with E-state index in [2.05, 4.69) is 5.32 Å². The second-order valence-electron chi connectivity index (χ2n) is 3.92. The lowest BCUT2D eigenvalue weighted by molar-refractivity contribution is -0.384. The fraction of sp³-hybridized carbons (Fsp3) is 0.500. The van der Waals surface area contributed by atoms with Gasteiger partial charge in [-0.15, -0.1) is 0 Å². The second kappa shape index (κ2) is 6.20. The van der Waals surface area contributed by atoms with Gasteiger partial charge in [0.1, 0.15) is 5.75 Å². The van der Waals surface area contributed by atoms with Crippen LogP contribution in [0.4, 0.5) is 5.69 Å². The fourth-order valence-electron chi connectivity index (χ4n) is 1.42. The number of non-ortho nitro benzene ring substituents is 1.